The molecule has 4 nitrogen and oxygen atoms in total. The highest BCUT2D eigenvalue weighted by Gasteiger charge is 2.12. The summed E-state index contributed by atoms with van der Waals surface area (Å²) in [7, 11) is 0. The smallest absolute Gasteiger partial charge is 0.266 e. The van der Waals surface area contributed by atoms with Gasteiger partial charge in [-0.2, -0.15) is 5.26 Å². The maximum Gasteiger partial charge on any atom is 0.266 e. The number of rotatable bonds is 6. The van der Waals surface area contributed by atoms with Crippen molar-refractivity contribution in [3.63, 3.8) is 0 Å². The topological polar surface area (TPSA) is 62.1 Å². The molecule has 6 heteroatoms. The van der Waals surface area contributed by atoms with E-state index in [1.165, 1.54) is 12.1 Å². The third-order valence-corrected chi connectivity index (χ3v) is 5.61. The molecule has 0 unspecified atom stereocenters. The van der Waals surface area contributed by atoms with Gasteiger partial charge in [-0.3, -0.25) is 4.79 Å². The van der Waals surface area contributed by atoms with Gasteiger partial charge in [-0.25, -0.2) is 4.39 Å². The van der Waals surface area contributed by atoms with Crippen LogP contribution >= 0.6 is 22.6 Å². The molecule has 31 heavy (non-hydrogen) atoms. The summed E-state index contributed by atoms with van der Waals surface area (Å²) in [6.07, 6.45) is 1.54. The van der Waals surface area contributed by atoms with E-state index >= 15 is 0 Å². The monoisotopic (exact) mass is 526 g/mol. The van der Waals surface area contributed by atoms with Crippen LogP contribution in [0.1, 0.15) is 22.3 Å². The predicted molar refractivity (Wildman–Crippen MR) is 128 cm³/mol. The van der Waals surface area contributed by atoms with Crippen LogP contribution in [-0.2, 0) is 11.4 Å². The summed E-state index contributed by atoms with van der Waals surface area (Å²) >= 11 is 2.13. The van der Waals surface area contributed by atoms with E-state index in [0.717, 1.165) is 20.3 Å². The Morgan fingerprint density at radius 1 is 1.16 bits per heavy atom. The van der Waals surface area contributed by atoms with Crippen molar-refractivity contribution < 1.29 is 13.9 Å². The Morgan fingerprint density at radius 3 is 2.65 bits per heavy atom. The minimum absolute atomic E-state index is 0.00475. The normalized spacial score (nSPS) is 11.0. The van der Waals surface area contributed by atoms with Gasteiger partial charge < -0.3 is 10.1 Å². The predicted octanol–water partition coefficient (Wildman–Crippen LogP) is 6.17. The fraction of sp³-hybridized carbons (Fsp3) is 0.120. The van der Waals surface area contributed by atoms with Gasteiger partial charge in [0.2, 0.25) is 0 Å². The maximum absolute atomic E-state index is 13.3. The highest BCUT2D eigenvalue weighted by atomic mass is 127. The number of ether oxygens (including phenoxy) is 1. The number of nitrogens with one attached hydrogen (secondary N) is 1. The van der Waals surface area contributed by atoms with Gasteiger partial charge >= 0.3 is 0 Å². The molecule has 1 amide bonds. The Bertz CT molecular complexity index is 1200. The summed E-state index contributed by atoms with van der Waals surface area (Å²) in [4.78, 5) is 12.6. The lowest BCUT2D eigenvalue weighted by atomic mass is 10.1. The molecule has 0 atom stereocenters. The van der Waals surface area contributed by atoms with E-state index in [9.17, 15) is 14.4 Å². The van der Waals surface area contributed by atoms with Crippen molar-refractivity contribution in [3.8, 4) is 11.8 Å². The van der Waals surface area contributed by atoms with Gasteiger partial charge in [0.15, 0.2) is 0 Å². The molecule has 0 saturated carbocycles. The van der Waals surface area contributed by atoms with Gasteiger partial charge in [-0.15, -0.1) is 0 Å². The second kappa shape index (κ2) is 10.2. The zero-order valence-electron chi connectivity index (χ0n) is 17.1. The first-order valence-corrected chi connectivity index (χ1v) is 10.6. The van der Waals surface area contributed by atoms with Crippen LogP contribution < -0.4 is 10.1 Å². The van der Waals surface area contributed by atoms with Crippen LogP contribution in [0.15, 0.2) is 66.2 Å². The summed E-state index contributed by atoms with van der Waals surface area (Å²) in [5, 5.41) is 12.3. The number of nitrogens with zero attached hydrogens (tertiary/aromatic N) is 1. The lowest BCUT2D eigenvalue weighted by Crippen LogP contribution is -2.14. The molecule has 0 aromatic heterocycles. The van der Waals surface area contributed by atoms with Gasteiger partial charge in [0.05, 0.1) is 3.57 Å². The van der Waals surface area contributed by atoms with Crippen molar-refractivity contribution >= 4 is 40.3 Å². The average molecular weight is 526 g/mol. The summed E-state index contributed by atoms with van der Waals surface area (Å²) < 4.78 is 19.9. The third-order valence-electron chi connectivity index (χ3n) is 4.77. The maximum atomic E-state index is 13.3. The Morgan fingerprint density at radius 2 is 1.94 bits per heavy atom. The molecule has 3 rings (SSSR count). The Labute approximate surface area is 194 Å². The average Bonchev–Trinajstić information content (AvgIpc) is 2.74. The third kappa shape index (κ3) is 5.92. The van der Waals surface area contributed by atoms with E-state index in [-0.39, 0.29) is 18.0 Å². The lowest BCUT2D eigenvalue weighted by molar-refractivity contribution is -0.112. The van der Waals surface area contributed by atoms with Crippen molar-refractivity contribution in [1.29, 1.82) is 5.26 Å². The zero-order chi connectivity index (χ0) is 22.4. The minimum atomic E-state index is -0.461. The molecule has 0 fully saturated rings. The number of carbonyl (C=O) groups is 1. The van der Waals surface area contributed by atoms with Gasteiger partial charge in [0, 0.05) is 5.69 Å². The van der Waals surface area contributed by atoms with Crippen LogP contribution in [0, 0.1) is 34.6 Å². The van der Waals surface area contributed by atoms with Crippen LogP contribution in [0.2, 0.25) is 0 Å². The second-order valence-electron chi connectivity index (χ2n) is 6.98. The molecule has 0 saturated heterocycles. The summed E-state index contributed by atoms with van der Waals surface area (Å²) in [5.74, 6) is -0.127. The van der Waals surface area contributed by atoms with Crippen LogP contribution in [0.3, 0.4) is 0 Å². The van der Waals surface area contributed by atoms with Gasteiger partial charge in [0.25, 0.3) is 5.91 Å². The van der Waals surface area contributed by atoms with Crippen molar-refractivity contribution in [2.75, 3.05) is 5.32 Å². The Hall–Kier alpha value is -3.18. The number of halogens is 2. The lowest BCUT2D eigenvalue weighted by Gasteiger charge is -2.10. The van der Waals surface area contributed by atoms with Gasteiger partial charge in [-0.05, 0) is 95.1 Å². The number of hydrogen-bond donors (Lipinski definition) is 1. The van der Waals surface area contributed by atoms with E-state index in [4.69, 9.17) is 4.74 Å². The molecule has 0 aliphatic carbocycles. The number of carbonyl (C=O) groups excluding carboxylic acids is 1. The molecule has 3 aromatic rings. The quantitative estimate of drug-likeness (QED) is 0.237. The molecular weight excluding hydrogens is 506 g/mol. The first-order valence-electron chi connectivity index (χ1n) is 9.53. The molecular formula is C25H20FIN2O2. The molecule has 0 radical (unpaired) electrons. The molecule has 0 aliphatic rings. The van der Waals surface area contributed by atoms with Crippen LogP contribution in [-0.4, -0.2) is 5.91 Å². The molecule has 0 bridgehead atoms. The van der Waals surface area contributed by atoms with E-state index < -0.39 is 5.91 Å². The summed E-state index contributed by atoms with van der Waals surface area (Å²) in [6, 6.07) is 19.2. The molecule has 0 heterocycles. The SMILES string of the molecule is Cc1cccc(NC(=O)/C(C#N)=C/c2ccc(OCc3cccc(F)c3)c(I)c2)c1C. The second-order valence-corrected chi connectivity index (χ2v) is 8.14. The highest BCUT2D eigenvalue weighted by Crippen LogP contribution is 2.25. The fourth-order valence-corrected chi connectivity index (χ4v) is 3.60. The Balaban J connectivity index is 1.73. The van der Waals surface area contributed by atoms with Crippen LogP contribution in [0.5, 0.6) is 5.75 Å². The summed E-state index contributed by atoms with van der Waals surface area (Å²) in [5.41, 5.74) is 4.14. The number of anilines is 1. The van der Waals surface area contributed by atoms with Crippen molar-refractivity contribution in [1.82, 2.24) is 0 Å². The van der Waals surface area contributed by atoms with Crippen molar-refractivity contribution in [2.45, 2.75) is 20.5 Å². The zero-order valence-corrected chi connectivity index (χ0v) is 19.2. The van der Waals surface area contributed by atoms with Gasteiger partial charge in [-0.1, -0.05) is 30.3 Å². The van der Waals surface area contributed by atoms with E-state index in [1.807, 2.05) is 44.2 Å². The largest absolute Gasteiger partial charge is 0.488 e. The van der Waals surface area contributed by atoms with Crippen molar-refractivity contribution in [2.24, 2.45) is 0 Å². The fourth-order valence-electron chi connectivity index (χ4n) is 2.90. The highest BCUT2D eigenvalue weighted by molar-refractivity contribution is 14.1. The van der Waals surface area contributed by atoms with E-state index in [0.29, 0.717) is 17.0 Å². The summed E-state index contributed by atoms with van der Waals surface area (Å²) in [6.45, 7) is 4.13. The number of nitriles is 1. The number of benzene rings is 3. The molecule has 0 spiro atoms. The van der Waals surface area contributed by atoms with E-state index in [1.54, 1.807) is 30.3 Å². The number of aryl methyl sites for hydroxylation is 1. The van der Waals surface area contributed by atoms with Crippen LogP contribution in [0.4, 0.5) is 10.1 Å². The number of hydrogen-bond acceptors (Lipinski definition) is 3. The Kier molecular flexibility index (Phi) is 7.42. The molecule has 0 aliphatic heterocycles. The first kappa shape index (κ1) is 22.5. The first-order chi connectivity index (χ1) is 14.9. The van der Waals surface area contributed by atoms with Gasteiger partial charge in [0.1, 0.15) is 29.8 Å². The molecule has 156 valence electrons. The molecule has 1 N–H and O–H groups in total. The van der Waals surface area contributed by atoms with Crippen LogP contribution in [0.25, 0.3) is 6.08 Å². The van der Waals surface area contributed by atoms with E-state index in [2.05, 4.69) is 27.9 Å². The number of amides is 1. The molecule has 3 aromatic carbocycles. The minimum Gasteiger partial charge on any atom is -0.488 e. The van der Waals surface area contributed by atoms with Crippen molar-refractivity contribution in [3.05, 3.63) is 97.9 Å². The standard InChI is InChI=1S/C25H20FIN2O2/c1-16-5-3-8-23(17(16)2)29-25(30)20(14-28)11-18-9-10-24(22(27)13-18)31-15-19-6-4-7-21(26)12-19/h3-13H,15H2,1-2H3,(H,29,30)/b20-11+.